The highest BCUT2D eigenvalue weighted by molar-refractivity contribution is 6.00. The highest BCUT2D eigenvalue weighted by atomic mass is 16.5. The van der Waals surface area contributed by atoms with Gasteiger partial charge in [0.05, 0.1) is 19.1 Å². The standard InChI is InChI=1S/C19H28N2O4/c1-3-15-5-7-17(8-6-15)21-14-16(13-18(21)22)19(23)20-9-4-10-25-12-11-24-2/h5-8,16H,3-4,9-14H2,1-2H3,(H,20,23). The average Bonchev–Trinajstić information content (AvgIpc) is 3.02. The van der Waals surface area contributed by atoms with E-state index >= 15 is 0 Å². The Morgan fingerprint density at radius 2 is 2.00 bits per heavy atom. The molecule has 6 nitrogen and oxygen atoms in total. The Bertz CT molecular complexity index is 559. The van der Waals surface area contributed by atoms with Crippen LogP contribution in [0, 0.1) is 5.92 Å². The van der Waals surface area contributed by atoms with Gasteiger partial charge in [-0.3, -0.25) is 9.59 Å². The van der Waals surface area contributed by atoms with E-state index in [0.717, 1.165) is 18.5 Å². The Morgan fingerprint density at radius 3 is 2.68 bits per heavy atom. The average molecular weight is 348 g/mol. The Balaban J connectivity index is 1.74. The van der Waals surface area contributed by atoms with E-state index in [2.05, 4.69) is 12.2 Å². The second-order valence-electron chi connectivity index (χ2n) is 6.18. The molecule has 138 valence electrons. The van der Waals surface area contributed by atoms with Crippen LogP contribution in [0.1, 0.15) is 25.3 Å². The van der Waals surface area contributed by atoms with Crippen molar-refractivity contribution in [1.82, 2.24) is 5.32 Å². The fourth-order valence-electron chi connectivity index (χ4n) is 2.82. The van der Waals surface area contributed by atoms with Crippen molar-refractivity contribution < 1.29 is 19.1 Å². The van der Waals surface area contributed by atoms with Crippen molar-refractivity contribution >= 4 is 17.5 Å². The molecule has 1 heterocycles. The van der Waals surface area contributed by atoms with Crippen molar-refractivity contribution in [2.75, 3.05) is 44.9 Å². The minimum atomic E-state index is -0.284. The van der Waals surface area contributed by atoms with Crippen molar-refractivity contribution in [1.29, 1.82) is 0 Å². The normalized spacial score (nSPS) is 17.1. The van der Waals surface area contributed by atoms with Gasteiger partial charge in [-0.15, -0.1) is 0 Å². The van der Waals surface area contributed by atoms with Crippen LogP contribution in [-0.4, -0.2) is 51.8 Å². The minimum absolute atomic E-state index is 0.00676. The molecular formula is C19H28N2O4. The van der Waals surface area contributed by atoms with Gasteiger partial charge < -0.3 is 19.7 Å². The summed E-state index contributed by atoms with van der Waals surface area (Å²) >= 11 is 0. The van der Waals surface area contributed by atoms with Gasteiger partial charge in [0.1, 0.15) is 0 Å². The summed E-state index contributed by atoms with van der Waals surface area (Å²) in [5.74, 6) is -0.335. The molecule has 0 spiro atoms. The fraction of sp³-hybridized carbons (Fsp3) is 0.579. The van der Waals surface area contributed by atoms with Crippen LogP contribution in [0.4, 0.5) is 5.69 Å². The predicted octanol–water partition coefficient (Wildman–Crippen LogP) is 1.77. The number of amides is 2. The molecule has 0 aromatic heterocycles. The van der Waals surface area contributed by atoms with E-state index in [0.29, 0.717) is 32.9 Å². The zero-order chi connectivity index (χ0) is 18.1. The van der Waals surface area contributed by atoms with Crippen LogP contribution < -0.4 is 10.2 Å². The maximum absolute atomic E-state index is 12.3. The van der Waals surface area contributed by atoms with Gasteiger partial charge in [-0.25, -0.2) is 0 Å². The van der Waals surface area contributed by atoms with Crippen LogP contribution in [-0.2, 0) is 25.5 Å². The van der Waals surface area contributed by atoms with Crippen LogP contribution in [0.15, 0.2) is 24.3 Å². The van der Waals surface area contributed by atoms with Gasteiger partial charge in [0.15, 0.2) is 0 Å². The number of rotatable bonds is 10. The Labute approximate surface area is 149 Å². The van der Waals surface area contributed by atoms with Gasteiger partial charge in [0.25, 0.3) is 0 Å². The molecule has 1 atom stereocenters. The third kappa shape index (κ3) is 5.83. The van der Waals surface area contributed by atoms with Crippen LogP contribution in [0.25, 0.3) is 0 Å². The zero-order valence-corrected chi connectivity index (χ0v) is 15.1. The smallest absolute Gasteiger partial charge is 0.227 e. The van der Waals surface area contributed by atoms with E-state index in [1.54, 1.807) is 12.0 Å². The van der Waals surface area contributed by atoms with E-state index in [1.807, 2.05) is 24.3 Å². The van der Waals surface area contributed by atoms with Gasteiger partial charge in [-0.05, 0) is 30.5 Å². The number of ether oxygens (including phenoxy) is 2. The largest absolute Gasteiger partial charge is 0.382 e. The van der Waals surface area contributed by atoms with Crippen molar-refractivity contribution in [3.8, 4) is 0 Å². The van der Waals surface area contributed by atoms with Crippen molar-refractivity contribution in [2.24, 2.45) is 5.92 Å². The van der Waals surface area contributed by atoms with E-state index in [-0.39, 0.29) is 24.2 Å². The second kappa shape index (κ2) is 10.2. The predicted molar refractivity (Wildman–Crippen MR) is 96.6 cm³/mol. The van der Waals surface area contributed by atoms with E-state index in [9.17, 15) is 9.59 Å². The summed E-state index contributed by atoms with van der Waals surface area (Å²) in [6, 6.07) is 7.96. The zero-order valence-electron chi connectivity index (χ0n) is 15.1. The Kier molecular flexibility index (Phi) is 7.88. The first-order valence-corrected chi connectivity index (χ1v) is 8.89. The number of anilines is 1. The summed E-state index contributed by atoms with van der Waals surface area (Å²) in [6.45, 7) is 4.82. The molecule has 1 N–H and O–H groups in total. The van der Waals surface area contributed by atoms with Crippen LogP contribution >= 0.6 is 0 Å². The Morgan fingerprint density at radius 1 is 1.24 bits per heavy atom. The van der Waals surface area contributed by atoms with E-state index in [4.69, 9.17) is 9.47 Å². The van der Waals surface area contributed by atoms with Gasteiger partial charge in [0, 0.05) is 38.9 Å². The van der Waals surface area contributed by atoms with Gasteiger partial charge in [-0.2, -0.15) is 0 Å². The third-order valence-electron chi connectivity index (χ3n) is 4.35. The molecule has 1 unspecified atom stereocenters. The number of hydrogen-bond donors (Lipinski definition) is 1. The van der Waals surface area contributed by atoms with E-state index < -0.39 is 0 Å². The summed E-state index contributed by atoms with van der Waals surface area (Å²) in [6.07, 6.45) is 1.98. The number of carbonyl (C=O) groups excluding carboxylic acids is 2. The lowest BCUT2D eigenvalue weighted by Gasteiger charge is -2.17. The van der Waals surface area contributed by atoms with E-state index in [1.165, 1.54) is 5.56 Å². The quantitative estimate of drug-likeness (QED) is 0.655. The summed E-state index contributed by atoms with van der Waals surface area (Å²) in [7, 11) is 1.63. The van der Waals surface area contributed by atoms with Crippen molar-refractivity contribution in [2.45, 2.75) is 26.2 Å². The molecule has 1 fully saturated rings. The number of methoxy groups -OCH3 is 1. The first-order chi connectivity index (χ1) is 12.2. The SMILES string of the molecule is CCc1ccc(N2CC(C(=O)NCCCOCCOC)CC2=O)cc1. The molecule has 1 aliphatic rings. The molecule has 0 bridgehead atoms. The molecule has 2 amide bonds. The second-order valence-corrected chi connectivity index (χ2v) is 6.18. The number of aryl methyl sites for hydroxylation is 1. The molecule has 1 aromatic rings. The number of benzene rings is 1. The molecule has 6 heteroatoms. The maximum atomic E-state index is 12.3. The number of hydrogen-bond acceptors (Lipinski definition) is 4. The molecular weight excluding hydrogens is 320 g/mol. The molecule has 0 radical (unpaired) electrons. The number of nitrogens with zero attached hydrogens (tertiary/aromatic N) is 1. The molecule has 0 aliphatic carbocycles. The number of nitrogens with one attached hydrogen (secondary N) is 1. The van der Waals surface area contributed by atoms with Crippen LogP contribution in [0.5, 0.6) is 0 Å². The summed E-state index contributed by atoms with van der Waals surface area (Å²) in [5.41, 5.74) is 2.10. The van der Waals surface area contributed by atoms with Gasteiger partial charge >= 0.3 is 0 Å². The van der Waals surface area contributed by atoms with Crippen molar-refractivity contribution in [3.63, 3.8) is 0 Å². The van der Waals surface area contributed by atoms with Gasteiger partial charge in [0.2, 0.25) is 11.8 Å². The fourth-order valence-corrected chi connectivity index (χ4v) is 2.82. The van der Waals surface area contributed by atoms with Crippen LogP contribution in [0.3, 0.4) is 0 Å². The Hall–Kier alpha value is -1.92. The lowest BCUT2D eigenvalue weighted by Crippen LogP contribution is -2.33. The monoisotopic (exact) mass is 348 g/mol. The topological polar surface area (TPSA) is 67.9 Å². The first-order valence-electron chi connectivity index (χ1n) is 8.89. The molecule has 1 aliphatic heterocycles. The lowest BCUT2D eigenvalue weighted by atomic mass is 10.1. The van der Waals surface area contributed by atoms with Gasteiger partial charge in [-0.1, -0.05) is 19.1 Å². The molecule has 2 rings (SSSR count). The molecule has 1 saturated heterocycles. The highest BCUT2D eigenvalue weighted by Gasteiger charge is 2.34. The highest BCUT2D eigenvalue weighted by Crippen LogP contribution is 2.25. The molecule has 0 saturated carbocycles. The molecule has 1 aromatic carbocycles. The molecule has 25 heavy (non-hydrogen) atoms. The summed E-state index contributed by atoms with van der Waals surface area (Å²) in [5, 5.41) is 2.90. The third-order valence-corrected chi connectivity index (χ3v) is 4.35. The summed E-state index contributed by atoms with van der Waals surface area (Å²) in [4.78, 5) is 26.2. The number of carbonyl (C=O) groups is 2. The summed E-state index contributed by atoms with van der Waals surface area (Å²) < 4.78 is 10.2. The lowest BCUT2D eigenvalue weighted by molar-refractivity contribution is -0.126. The van der Waals surface area contributed by atoms with Crippen molar-refractivity contribution in [3.05, 3.63) is 29.8 Å². The minimum Gasteiger partial charge on any atom is -0.382 e. The first kappa shape index (κ1) is 19.4. The van der Waals surface area contributed by atoms with Crippen LogP contribution in [0.2, 0.25) is 0 Å². The maximum Gasteiger partial charge on any atom is 0.227 e.